The maximum Gasteiger partial charge on any atom is 0.174 e. The third kappa shape index (κ3) is 1.18. The Morgan fingerprint density at radius 2 is 2.00 bits per heavy atom. The maximum absolute atomic E-state index is 5.71. The summed E-state index contributed by atoms with van der Waals surface area (Å²) in [6, 6.07) is 0. The van der Waals surface area contributed by atoms with Crippen LogP contribution in [0.3, 0.4) is 0 Å². The van der Waals surface area contributed by atoms with Gasteiger partial charge in [-0.15, -0.1) is 0 Å². The molecule has 0 atom stereocenters. The fourth-order valence-corrected chi connectivity index (χ4v) is 1.43. The Labute approximate surface area is 90.0 Å². The number of anilines is 1. The lowest BCUT2D eigenvalue weighted by Crippen LogP contribution is -2.01. The van der Waals surface area contributed by atoms with Crippen molar-refractivity contribution in [2.24, 2.45) is 0 Å². The third-order valence-electron chi connectivity index (χ3n) is 2.16. The van der Waals surface area contributed by atoms with Crippen LogP contribution in [-0.2, 0) is 0 Å². The van der Waals surface area contributed by atoms with Gasteiger partial charge in [0.1, 0.15) is 12.1 Å². The van der Waals surface area contributed by atoms with E-state index in [1.807, 2.05) is 0 Å². The highest BCUT2D eigenvalue weighted by Crippen LogP contribution is 2.17. The largest absolute Gasteiger partial charge is 0.383 e. The van der Waals surface area contributed by atoms with Crippen LogP contribution in [0.15, 0.2) is 31.1 Å². The van der Waals surface area contributed by atoms with Crippen LogP contribution in [0.25, 0.3) is 16.9 Å². The first-order valence-electron chi connectivity index (χ1n) is 4.57. The maximum atomic E-state index is 5.71. The van der Waals surface area contributed by atoms with Gasteiger partial charge in [-0.05, 0) is 0 Å². The molecular formula is C9H7N7. The van der Waals surface area contributed by atoms with Gasteiger partial charge >= 0.3 is 0 Å². The fraction of sp³-hybridized carbons (Fsp3) is 0. The van der Waals surface area contributed by atoms with Gasteiger partial charge < -0.3 is 5.73 Å². The molecule has 3 aromatic rings. The minimum absolute atomic E-state index is 0.403. The predicted octanol–water partition coefficient (Wildman–Crippen LogP) is 0.188. The van der Waals surface area contributed by atoms with Gasteiger partial charge in [-0.3, -0.25) is 4.98 Å². The van der Waals surface area contributed by atoms with Crippen LogP contribution in [0.1, 0.15) is 0 Å². The van der Waals surface area contributed by atoms with Gasteiger partial charge in [0.15, 0.2) is 11.5 Å². The van der Waals surface area contributed by atoms with E-state index in [2.05, 4.69) is 25.0 Å². The van der Waals surface area contributed by atoms with Crippen molar-refractivity contribution in [3.8, 4) is 5.82 Å². The van der Waals surface area contributed by atoms with E-state index < -0.39 is 0 Å². The van der Waals surface area contributed by atoms with Crippen molar-refractivity contribution in [2.75, 3.05) is 5.73 Å². The number of fused-ring (bicyclic) bond motifs is 1. The first kappa shape index (κ1) is 8.72. The van der Waals surface area contributed by atoms with Gasteiger partial charge in [-0.1, -0.05) is 0 Å². The summed E-state index contributed by atoms with van der Waals surface area (Å²) in [4.78, 5) is 16.1. The monoisotopic (exact) mass is 213 g/mol. The number of aromatic nitrogens is 6. The highest BCUT2D eigenvalue weighted by molar-refractivity contribution is 5.85. The zero-order chi connectivity index (χ0) is 11.0. The van der Waals surface area contributed by atoms with E-state index in [-0.39, 0.29) is 0 Å². The van der Waals surface area contributed by atoms with Crippen LogP contribution < -0.4 is 5.73 Å². The van der Waals surface area contributed by atoms with Crippen molar-refractivity contribution >= 4 is 16.9 Å². The minimum Gasteiger partial charge on any atom is -0.383 e. The summed E-state index contributed by atoms with van der Waals surface area (Å²) in [5.41, 5.74) is 6.33. The topological polar surface area (TPSA) is 95.4 Å². The molecule has 0 radical (unpaired) electrons. The van der Waals surface area contributed by atoms with E-state index in [9.17, 15) is 0 Å². The second-order valence-electron chi connectivity index (χ2n) is 3.12. The Morgan fingerprint density at radius 3 is 2.81 bits per heavy atom. The molecule has 0 saturated heterocycles. The summed E-state index contributed by atoms with van der Waals surface area (Å²) in [6.07, 6.45) is 7.79. The smallest absolute Gasteiger partial charge is 0.174 e. The number of nitrogens with two attached hydrogens (primary N) is 1. The van der Waals surface area contributed by atoms with Crippen molar-refractivity contribution in [3.05, 3.63) is 31.1 Å². The molecule has 2 N–H and O–H groups in total. The number of nitrogens with zero attached hydrogens (tertiary/aromatic N) is 6. The molecule has 16 heavy (non-hydrogen) atoms. The number of hydrogen-bond donors (Lipinski definition) is 1. The Hall–Kier alpha value is -2.57. The average Bonchev–Trinajstić information content (AvgIpc) is 2.75. The minimum atomic E-state index is 0.403. The van der Waals surface area contributed by atoms with Crippen LogP contribution >= 0.6 is 0 Å². The second-order valence-corrected chi connectivity index (χ2v) is 3.12. The molecule has 3 rings (SSSR count). The van der Waals surface area contributed by atoms with Crippen LogP contribution in [0.2, 0.25) is 0 Å². The molecule has 0 aliphatic rings. The van der Waals surface area contributed by atoms with Gasteiger partial charge in [0.05, 0.1) is 17.8 Å². The molecule has 0 saturated carbocycles. The normalized spacial score (nSPS) is 10.8. The quantitative estimate of drug-likeness (QED) is 0.619. The van der Waals surface area contributed by atoms with Crippen LogP contribution in [0.5, 0.6) is 0 Å². The first-order chi connectivity index (χ1) is 7.86. The number of nitrogen functional groups attached to an aromatic ring is 1. The zero-order valence-electron chi connectivity index (χ0n) is 8.15. The van der Waals surface area contributed by atoms with Crippen LogP contribution in [0.4, 0.5) is 5.82 Å². The van der Waals surface area contributed by atoms with Crippen molar-refractivity contribution in [1.29, 1.82) is 0 Å². The standard InChI is InChI=1S/C9H7N7/c10-8-6-3-15-16(9(6)14-5-13-8)7-4-11-1-2-12-7/h1-5H,(H2,10,13,14). The molecule has 0 spiro atoms. The van der Waals surface area contributed by atoms with Gasteiger partial charge in [0.2, 0.25) is 0 Å². The van der Waals surface area contributed by atoms with Crippen molar-refractivity contribution in [3.63, 3.8) is 0 Å². The van der Waals surface area contributed by atoms with Crippen LogP contribution in [0, 0.1) is 0 Å². The van der Waals surface area contributed by atoms with E-state index in [0.29, 0.717) is 22.7 Å². The predicted molar refractivity (Wildman–Crippen MR) is 56.7 cm³/mol. The zero-order valence-corrected chi connectivity index (χ0v) is 8.15. The Morgan fingerprint density at radius 1 is 1.06 bits per heavy atom. The lowest BCUT2D eigenvalue weighted by Gasteiger charge is -1.99. The summed E-state index contributed by atoms with van der Waals surface area (Å²) in [5, 5.41) is 4.86. The Balaban J connectivity index is 2.30. The average molecular weight is 213 g/mol. The number of rotatable bonds is 1. The lowest BCUT2D eigenvalue weighted by atomic mass is 10.4. The van der Waals surface area contributed by atoms with Crippen LogP contribution in [-0.4, -0.2) is 29.7 Å². The van der Waals surface area contributed by atoms with E-state index in [1.165, 1.54) is 6.33 Å². The van der Waals surface area contributed by atoms with E-state index in [1.54, 1.807) is 29.5 Å². The van der Waals surface area contributed by atoms with Crippen molar-refractivity contribution in [2.45, 2.75) is 0 Å². The summed E-state index contributed by atoms with van der Waals surface area (Å²) in [6.45, 7) is 0. The van der Waals surface area contributed by atoms with Gasteiger partial charge in [0.25, 0.3) is 0 Å². The molecule has 0 aromatic carbocycles. The molecular weight excluding hydrogens is 206 g/mol. The molecule has 7 heteroatoms. The van der Waals surface area contributed by atoms with Gasteiger partial charge in [-0.25, -0.2) is 15.0 Å². The molecule has 78 valence electrons. The summed E-state index contributed by atoms with van der Waals surface area (Å²) in [7, 11) is 0. The van der Waals surface area contributed by atoms with E-state index in [0.717, 1.165) is 0 Å². The fourth-order valence-electron chi connectivity index (χ4n) is 1.43. The van der Waals surface area contributed by atoms with Gasteiger partial charge in [-0.2, -0.15) is 9.78 Å². The molecule has 0 bridgehead atoms. The summed E-state index contributed by atoms with van der Waals surface area (Å²) < 4.78 is 1.57. The Kier molecular flexibility index (Phi) is 1.76. The molecule has 0 fully saturated rings. The van der Waals surface area contributed by atoms with E-state index >= 15 is 0 Å². The molecule has 0 unspecified atom stereocenters. The highest BCUT2D eigenvalue weighted by Gasteiger charge is 2.09. The SMILES string of the molecule is Nc1ncnc2c1cnn2-c1cnccn1. The number of hydrogen-bond acceptors (Lipinski definition) is 6. The van der Waals surface area contributed by atoms with Crippen molar-refractivity contribution < 1.29 is 0 Å². The van der Waals surface area contributed by atoms with Gasteiger partial charge in [0, 0.05) is 12.4 Å². The molecule has 0 aliphatic heterocycles. The molecule has 3 heterocycles. The van der Waals surface area contributed by atoms with E-state index in [4.69, 9.17) is 5.73 Å². The Bertz CT molecular complexity index is 631. The molecule has 0 amide bonds. The highest BCUT2D eigenvalue weighted by atomic mass is 15.3. The first-order valence-corrected chi connectivity index (χ1v) is 4.57. The summed E-state index contributed by atoms with van der Waals surface area (Å²) in [5.74, 6) is 0.996. The second kappa shape index (κ2) is 3.23. The third-order valence-corrected chi connectivity index (χ3v) is 2.16. The summed E-state index contributed by atoms with van der Waals surface area (Å²) >= 11 is 0. The molecule has 7 nitrogen and oxygen atoms in total. The molecule has 3 aromatic heterocycles. The lowest BCUT2D eigenvalue weighted by molar-refractivity contribution is 0.852. The molecule has 0 aliphatic carbocycles. The van der Waals surface area contributed by atoms with Crippen molar-refractivity contribution in [1.82, 2.24) is 29.7 Å².